The Bertz CT molecular complexity index is 1220. The van der Waals surface area contributed by atoms with E-state index in [0.29, 0.717) is 17.8 Å². The summed E-state index contributed by atoms with van der Waals surface area (Å²) in [4.78, 5) is 41.8. The fraction of sp³-hybridized carbons (Fsp3) is 0.250. The number of para-hydroxylation sites is 2. The van der Waals surface area contributed by atoms with Crippen LogP contribution in [0, 0.1) is 0 Å². The molecule has 4 rings (SSSR count). The maximum absolute atomic E-state index is 13.4. The molecule has 3 amide bonds. The lowest BCUT2D eigenvalue weighted by atomic mass is 10.0. The van der Waals surface area contributed by atoms with Crippen molar-refractivity contribution in [3.8, 4) is 5.75 Å². The number of amides is 3. The number of carbonyl (C=O) groups is 3. The van der Waals surface area contributed by atoms with Crippen LogP contribution in [0.25, 0.3) is 0 Å². The van der Waals surface area contributed by atoms with Crippen LogP contribution in [0.3, 0.4) is 0 Å². The molecule has 0 aliphatic carbocycles. The first kappa shape index (κ1) is 25.9. The van der Waals surface area contributed by atoms with Crippen molar-refractivity contribution in [1.29, 1.82) is 0 Å². The van der Waals surface area contributed by atoms with E-state index in [1.807, 2.05) is 42.5 Å². The minimum absolute atomic E-state index is 0.0804. The van der Waals surface area contributed by atoms with Gasteiger partial charge in [0.25, 0.3) is 5.91 Å². The summed E-state index contributed by atoms with van der Waals surface area (Å²) in [5.74, 6) is -0.301. The predicted molar refractivity (Wildman–Crippen MR) is 141 cm³/mol. The number of carbonyl (C=O) groups excluding carboxylic acids is 3. The highest BCUT2D eigenvalue weighted by atomic mass is 16.5. The lowest BCUT2D eigenvalue weighted by Gasteiger charge is -2.37. The molecular formula is C28H31N5O4. The number of ether oxygens (including phenoxy) is 1. The van der Waals surface area contributed by atoms with Crippen LogP contribution >= 0.6 is 0 Å². The Morgan fingerprint density at radius 2 is 1.54 bits per heavy atom. The molecule has 1 heterocycles. The van der Waals surface area contributed by atoms with Crippen LogP contribution in [0.2, 0.25) is 0 Å². The van der Waals surface area contributed by atoms with Gasteiger partial charge in [-0.15, -0.1) is 0 Å². The Morgan fingerprint density at radius 1 is 0.892 bits per heavy atom. The van der Waals surface area contributed by atoms with E-state index >= 15 is 0 Å². The average molecular weight is 502 g/mol. The Morgan fingerprint density at radius 3 is 2.22 bits per heavy atom. The number of nitrogens with two attached hydrogens (primary N) is 1. The number of hydrogen-bond donors (Lipinski definition) is 3. The minimum atomic E-state index is -0.966. The van der Waals surface area contributed by atoms with E-state index in [-0.39, 0.29) is 17.6 Å². The van der Waals surface area contributed by atoms with Crippen molar-refractivity contribution in [2.24, 2.45) is 5.73 Å². The third kappa shape index (κ3) is 6.93. The second kappa shape index (κ2) is 12.2. The third-order valence-electron chi connectivity index (χ3n) is 6.30. The van der Waals surface area contributed by atoms with Gasteiger partial charge in [0.1, 0.15) is 6.04 Å². The SMILES string of the molecule is CN1CCN(C(C(=O)NCc2ccccc2)c2ccc(C(=O)Nc3ccccc3OC(N)=O)cc2)CC1. The van der Waals surface area contributed by atoms with Crippen LogP contribution in [-0.2, 0) is 11.3 Å². The second-order valence-electron chi connectivity index (χ2n) is 8.94. The van der Waals surface area contributed by atoms with Crippen LogP contribution in [0.5, 0.6) is 5.75 Å². The van der Waals surface area contributed by atoms with E-state index in [1.165, 1.54) is 6.07 Å². The van der Waals surface area contributed by atoms with E-state index in [2.05, 4.69) is 27.5 Å². The molecule has 9 heteroatoms. The molecule has 0 saturated carbocycles. The van der Waals surface area contributed by atoms with Crippen molar-refractivity contribution >= 4 is 23.6 Å². The quantitative estimate of drug-likeness (QED) is 0.437. The lowest BCUT2D eigenvalue weighted by Crippen LogP contribution is -2.49. The van der Waals surface area contributed by atoms with Crippen LogP contribution in [-0.4, -0.2) is 60.9 Å². The highest BCUT2D eigenvalue weighted by Crippen LogP contribution is 2.26. The summed E-state index contributed by atoms with van der Waals surface area (Å²) >= 11 is 0. The van der Waals surface area contributed by atoms with E-state index in [0.717, 1.165) is 37.3 Å². The molecule has 0 bridgehead atoms. The van der Waals surface area contributed by atoms with Crippen molar-refractivity contribution in [3.63, 3.8) is 0 Å². The maximum Gasteiger partial charge on any atom is 0.410 e. The molecule has 1 aliphatic rings. The summed E-state index contributed by atoms with van der Waals surface area (Å²) in [5.41, 5.74) is 7.68. The zero-order valence-electron chi connectivity index (χ0n) is 20.7. The molecule has 1 aliphatic heterocycles. The van der Waals surface area contributed by atoms with Crippen molar-refractivity contribution < 1.29 is 19.1 Å². The van der Waals surface area contributed by atoms with Gasteiger partial charge in [-0.1, -0.05) is 54.6 Å². The molecule has 3 aromatic carbocycles. The van der Waals surface area contributed by atoms with Crippen LogP contribution in [0.15, 0.2) is 78.9 Å². The zero-order valence-corrected chi connectivity index (χ0v) is 20.7. The standard InChI is InChI=1S/C28H31N5O4/c1-32-15-17-33(18-16-32)25(27(35)30-19-20-7-3-2-4-8-20)21-11-13-22(14-12-21)26(34)31-23-9-5-6-10-24(23)37-28(29)36/h2-14,25H,15-19H2,1H3,(H2,29,36)(H,30,35)(H,31,34). The first-order valence-electron chi connectivity index (χ1n) is 12.1. The monoisotopic (exact) mass is 501 g/mol. The van der Waals surface area contributed by atoms with Crippen molar-refractivity contribution in [2.75, 3.05) is 38.5 Å². The van der Waals surface area contributed by atoms with Crippen molar-refractivity contribution in [1.82, 2.24) is 15.1 Å². The molecule has 0 spiro atoms. The predicted octanol–water partition coefficient (Wildman–Crippen LogP) is 3.00. The summed E-state index contributed by atoms with van der Waals surface area (Å²) in [7, 11) is 2.07. The van der Waals surface area contributed by atoms with Crippen LogP contribution in [0.1, 0.15) is 27.5 Å². The number of hydrogen-bond acceptors (Lipinski definition) is 6. The number of nitrogens with one attached hydrogen (secondary N) is 2. The van der Waals surface area contributed by atoms with Crippen molar-refractivity contribution in [2.45, 2.75) is 12.6 Å². The van der Waals surface area contributed by atoms with E-state index < -0.39 is 12.1 Å². The fourth-order valence-electron chi connectivity index (χ4n) is 4.27. The highest BCUT2D eigenvalue weighted by Gasteiger charge is 2.30. The molecule has 4 N–H and O–H groups in total. The van der Waals surface area contributed by atoms with Gasteiger partial charge >= 0.3 is 6.09 Å². The largest absolute Gasteiger partial charge is 0.410 e. The van der Waals surface area contributed by atoms with Gasteiger partial charge in [0.05, 0.1) is 5.69 Å². The van der Waals surface area contributed by atoms with Gasteiger partial charge < -0.3 is 26.0 Å². The molecule has 1 saturated heterocycles. The van der Waals surface area contributed by atoms with Gasteiger partial charge in [-0.3, -0.25) is 14.5 Å². The maximum atomic E-state index is 13.4. The fourth-order valence-corrected chi connectivity index (χ4v) is 4.27. The van der Waals surface area contributed by atoms with Gasteiger partial charge in [-0.25, -0.2) is 4.79 Å². The van der Waals surface area contributed by atoms with Gasteiger partial charge in [-0.2, -0.15) is 0 Å². The summed E-state index contributed by atoms with van der Waals surface area (Å²) in [6.45, 7) is 3.71. The minimum Gasteiger partial charge on any atom is -0.408 e. The molecule has 0 aromatic heterocycles. The molecule has 0 radical (unpaired) electrons. The third-order valence-corrected chi connectivity index (χ3v) is 6.30. The Kier molecular flexibility index (Phi) is 8.50. The molecule has 1 unspecified atom stereocenters. The molecular weight excluding hydrogens is 470 g/mol. The van der Waals surface area contributed by atoms with Crippen molar-refractivity contribution in [3.05, 3.63) is 95.6 Å². The number of nitrogens with zero attached hydrogens (tertiary/aromatic N) is 2. The molecule has 192 valence electrons. The number of likely N-dealkylation sites (N-methyl/N-ethyl adjacent to an activating group) is 1. The first-order valence-corrected chi connectivity index (χ1v) is 12.1. The molecule has 37 heavy (non-hydrogen) atoms. The van der Waals surface area contributed by atoms with Crippen LogP contribution in [0.4, 0.5) is 10.5 Å². The highest BCUT2D eigenvalue weighted by molar-refractivity contribution is 6.05. The number of benzene rings is 3. The lowest BCUT2D eigenvalue weighted by molar-refractivity contribution is -0.127. The first-order chi connectivity index (χ1) is 17.9. The van der Waals surface area contributed by atoms with Gasteiger partial charge in [0.2, 0.25) is 5.91 Å². The Labute approximate surface area is 216 Å². The number of rotatable bonds is 8. The number of primary amides is 1. The summed E-state index contributed by atoms with van der Waals surface area (Å²) in [6, 6.07) is 22.9. The molecule has 3 aromatic rings. The topological polar surface area (TPSA) is 117 Å². The van der Waals surface area contributed by atoms with E-state index in [9.17, 15) is 14.4 Å². The summed E-state index contributed by atoms with van der Waals surface area (Å²) in [5, 5.41) is 5.82. The second-order valence-corrected chi connectivity index (χ2v) is 8.94. The average Bonchev–Trinajstić information content (AvgIpc) is 2.90. The number of anilines is 1. The van der Waals surface area contributed by atoms with Crippen LogP contribution < -0.4 is 21.1 Å². The van der Waals surface area contributed by atoms with E-state index in [1.54, 1.807) is 30.3 Å². The zero-order chi connectivity index (χ0) is 26.2. The Hall–Kier alpha value is -4.21. The van der Waals surface area contributed by atoms with Gasteiger partial charge in [-0.05, 0) is 42.4 Å². The molecule has 9 nitrogen and oxygen atoms in total. The summed E-state index contributed by atoms with van der Waals surface area (Å²) < 4.78 is 4.96. The number of piperazine rings is 1. The van der Waals surface area contributed by atoms with E-state index in [4.69, 9.17) is 10.5 Å². The normalized spacial score (nSPS) is 14.9. The Balaban J connectivity index is 1.50. The smallest absolute Gasteiger partial charge is 0.408 e. The molecule has 1 atom stereocenters. The van der Waals surface area contributed by atoms with Gasteiger partial charge in [0, 0.05) is 38.3 Å². The van der Waals surface area contributed by atoms with Gasteiger partial charge in [0.15, 0.2) is 5.75 Å². The summed E-state index contributed by atoms with van der Waals surface area (Å²) in [6.07, 6.45) is -0.966. The molecule has 1 fully saturated rings.